The first-order valence-electron chi connectivity index (χ1n) is 11.7. The number of anilines is 2. The van der Waals surface area contributed by atoms with Gasteiger partial charge in [0.05, 0.1) is 6.04 Å². The number of benzene rings is 2. The van der Waals surface area contributed by atoms with E-state index in [1.807, 2.05) is 38.1 Å². The highest BCUT2D eigenvalue weighted by Crippen LogP contribution is 2.24. The Kier molecular flexibility index (Phi) is 7.72. The molecule has 2 N–H and O–H groups in total. The minimum absolute atomic E-state index is 0.127. The molecule has 1 fully saturated rings. The van der Waals surface area contributed by atoms with Gasteiger partial charge in [0.2, 0.25) is 0 Å². The Hall–Kier alpha value is -3.78. The van der Waals surface area contributed by atoms with E-state index in [0.29, 0.717) is 5.69 Å². The van der Waals surface area contributed by atoms with Crippen LogP contribution in [-0.4, -0.2) is 54.4 Å². The zero-order valence-corrected chi connectivity index (χ0v) is 20.0. The van der Waals surface area contributed by atoms with E-state index in [-0.39, 0.29) is 18.4 Å². The molecule has 4 rings (SSSR count). The van der Waals surface area contributed by atoms with Gasteiger partial charge < -0.3 is 15.5 Å². The Morgan fingerprint density at radius 2 is 1.71 bits per heavy atom. The predicted molar refractivity (Wildman–Crippen MR) is 135 cm³/mol. The quantitative estimate of drug-likeness (QED) is 0.534. The Labute approximate surface area is 205 Å². The summed E-state index contributed by atoms with van der Waals surface area (Å²) in [7, 11) is 0. The van der Waals surface area contributed by atoms with Gasteiger partial charge in [-0.2, -0.15) is 0 Å². The molecule has 0 spiro atoms. The number of piperazine rings is 1. The first kappa shape index (κ1) is 24.3. The van der Waals surface area contributed by atoms with Gasteiger partial charge in [0.1, 0.15) is 5.82 Å². The first-order chi connectivity index (χ1) is 16.9. The molecular formula is C27H30FN5O2. The molecule has 1 aliphatic rings. The van der Waals surface area contributed by atoms with Gasteiger partial charge in [-0.3, -0.25) is 19.5 Å². The van der Waals surface area contributed by atoms with Crippen LogP contribution in [0.2, 0.25) is 0 Å². The van der Waals surface area contributed by atoms with Crippen molar-refractivity contribution in [2.75, 3.05) is 42.9 Å². The number of halogens is 1. The van der Waals surface area contributed by atoms with Crippen molar-refractivity contribution in [3.8, 4) is 0 Å². The van der Waals surface area contributed by atoms with Gasteiger partial charge in [0.15, 0.2) is 0 Å². The summed E-state index contributed by atoms with van der Waals surface area (Å²) >= 11 is 0. The van der Waals surface area contributed by atoms with Crippen molar-refractivity contribution in [3.05, 3.63) is 89.5 Å². The van der Waals surface area contributed by atoms with Crippen LogP contribution in [0.1, 0.15) is 22.7 Å². The minimum atomic E-state index is -0.695. The third kappa shape index (κ3) is 6.22. The van der Waals surface area contributed by atoms with Crippen LogP contribution < -0.4 is 15.5 Å². The van der Waals surface area contributed by atoms with Crippen LogP contribution in [0, 0.1) is 19.7 Å². The highest BCUT2D eigenvalue weighted by molar-refractivity contribution is 6.39. The summed E-state index contributed by atoms with van der Waals surface area (Å²) in [6, 6.07) is 15.8. The fourth-order valence-corrected chi connectivity index (χ4v) is 4.25. The van der Waals surface area contributed by atoms with Gasteiger partial charge in [-0.15, -0.1) is 0 Å². The lowest BCUT2D eigenvalue weighted by molar-refractivity contribution is -0.136. The fourth-order valence-electron chi connectivity index (χ4n) is 4.25. The molecule has 182 valence electrons. The van der Waals surface area contributed by atoms with Crippen LogP contribution >= 0.6 is 0 Å². The molecule has 0 bridgehead atoms. The lowest BCUT2D eigenvalue weighted by Crippen LogP contribution is -2.50. The molecule has 2 amide bonds. The molecule has 35 heavy (non-hydrogen) atoms. The SMILES string of the molecule is Cc1ccc(NC(=O)C(=O)NC[C@@H](c2cccnc2)N2CCN(c3ccc(F)cc3)CC2)cc1C. The predicted octanol–water partition coefficient (Wildman–Crippen LogP) is 3.46. The van der Waals surface area contributed by atoms with Crippen molar-refractivity contribution in [1.29, 1.82) is 0 Å². The number of nitrogens with zero attached hydrogens (tertiary/aromatic N) is 3. The van der Waals surface area contributed by atoms with Crippen LogP contribution in [0.25, 0.3) is 0 Å². The summed E-state index contributed by atoms with van der Waals surface area (Å²) in [5.74, 6) is -1.62. The van der Waals surface area contributed by atoms with E-state index in [9.17, 15) is 14.0 Å². The van der Waals surface area contributed by atoms with Crippen LogP contribution in [0.3, 0.4) is 0 Å². The molecule has 1 atom stereocenters. The smallest absolute Gasteiger partial charge is 0.313 e. The van der Waals surface area contributed by atoms with Crippen LogP contribution in [0.5, 0.6) is 0 Å². The number of carbonyl (C=O) groups excluding carboxylic acids is 2. The maximum atomic E-state index is 13.3. The number of aryl methyl sites for hydroxylation is 2. The molecule has 1 saturated heterocycles. The van der Waals surface area contributed by atoms with Crippen molar-refractivity contribution in [2.24, 2.45) is 0 Å². The Morgan fingerprint density at radius 1 is 0.971 bits per heavy atom. The Balaban J connectivity index is 1.38. The summed E-state index contributed by atoms with van der Waals surface area (Å²) in [6.45, 7) is 7.27. The first-order valence-corrected chi connectivity index (χ1v) is 11.7. The van der Waals surface area contributed by atoms with Crippen molar-refractivity contribution in [3.63, 3.8) is 0 Å². The molecule has 1 aliphatic heterocycles. The monoisotopic (exact) mass is 475 g/mol. The van der Waals surface area contributed by atoms with E-state index in [2.05, 4.69) is 25.4 Å². The van der Waals surface area contributed by atoms with Gasteiger partial charge in [0, 0.05) is 56.5 Å². The molecular weight excluding hydrogens is 445 g/mol. The summed E-state index contributed by atoms with van der Waals surface area (Å²) < 4.78 is 13.3. The number of carbonyl (C=O) groups is 2. The molecule has 7 nitrogen and oxygen atoms in total. The highest BCUT2D eigenvalue weighted by Gasteiger charge is 2.27. The van der Waals surface area contributed by atoms with Crippen LogP contribution in [0.15, 0.2) is 67.0 Å². The number of aromatic nitrogens is 1. The average Bonchev–Trinajstić information content (AvgIpc) is 2.88. The lowest BCUT2D eigenvalue weighted by Gasteiger charge is -2.40. The topological polar surface area (TPSA) is 77.6 Å². The molecule has 1 aromatic heterocycles. The van der Waals surface area contributed by atoms with Crippen molar-refractivity contribution < 1.29 is 14.0 Å². The van der Waals surface area contributed by atoms with Crippen molar-refractivity contribution in [2.45, 2.75) is 19.9 Å². The average molecular weight is 476 g/mol. The number of hydrogen-bond donors (Lipinski definition) is 2. The van der Waals surface area contributed by atoms with Crippen LogP contribution in [-0.2, 0) is 9.59 Å². The summed E-state index contributed by atoms with van der Waals surface area (Å²) in [5, 5.41) is 5.47. The molecule has 0 aliphatic carbocycles. The van der Waals surface area contributed by atoms with E-state index >= 15 is 0 Å². The van der Waals surface area contributed by atoms with Gasteiger partial charge in [0.25, 0.3) is 0 Å². The van der Waals surface area contributed by atoms with E-state index in [0.717, 1.165) is 48.6 Å². The van der Waals surface area contributed by atoms with Gasteiger partial charge in [-0.1, -0.05) is 12.1 Å². The maximum absolute atomic E-state index is 13.3. The molecule has 3 aromatic rings. The minimum Gasteiger partial charge on any atom is -0.369 e. The molecule has 2 heterocycles. The summed E-state index contributed by atoms with van der Waals surface area (Å²) in [5.41, 5.74) is 4.71. The zero-order valence-electron chi connectivity index (χ0n) is 20.0. The highest BCUT2D eigenvalue weighted by atomic mass is 19.1. The third-order valence-electron chi connectivity index (χ3n) is 6.44. The van der Waals surface area contributed by atoms with Crippen LogP contribution in [0.4, 0.5) is 15.8 Å². The Bertz CT molecular complexity index is 1160. The van der Waals surface area contributed by atoms with E-state index < -0.39 is 11.8 Å². The lowest BCUT2D eigenvalue weighted by atomic mass is 10.1. The number of rotatable bonds is 6. The van der Waals surface area contributed by atoms with E-state index in [1.165, 1.54) is 12.1 Å². The largest absolute Gasteiger partial charge is 0.369 e. The number of amides is 2. The number of hydrogen-bond acceptors (Lipinski definition) is 5. The van der Waals surface area contributed by atoms with Crippen molar-refractivity contribution in [1.82, 2.24) is 15.2 Å². The van der Waals surface area contributed by atoms with Gasteiger partial charge in [-0.25, -0.2) is 4.39 Å². The van der Waals surface area contributed by atoms with Gasteiger partial charge in [-0.05, 0) is 73.0 Å². The van der Waals surface area contributed by atoms with Gasteiger partial charge >= 0.3 is 11.8 Å². The Morgan fingerprint density at radius 3 is 2.37 bits per heavy atom. The van der Waals surface area contributed by atoms with E-state index in [4.69, 9.17) is 0 Å². The standard InChI is InChI=1S/C27H30FN5O2/c1-19-5-8-23(16-20(19)2)31-27(35)26(34)30-18-25(21-4-3-11-29-17-21)33-14-12-32(13-15-33)24-9-6-22(28)7-10-24/h3-11,16-17,25H,12-15,18H2,1-2H3,(H,30,34)(H,31,35)/t25-/m0/s1. The third-order valence-corrected chi connectivity index (χ3v) is 6.44. The van der Waals surface area contributed by atoms with E-state index in [1.54, 1.807) is 30.6 Å². The zero-order chi connectivity index (χ0) is 24.8. The summed E-state index contributed by atoms with van der Waals surface area (Å²) in [4.78, 5) is 33.8. The van der Waals surface area contributed by atoms with Crippen molar-refractivity contribution >= 4 is 23.2 Å². The second-order valence-electron chi connectivity index (χ2n) is 8.76. The molecule has 0 saturated carbocycles. The second-order valence-corrected chi connectivity index (χ2v) is 8.76. The molecule has 0 radical (unpaired) electrons. The second kappa shape index (κ2) is 11.1. The number of nitrogens with one attached hydrogen (secondary N) is 2. The molecule has 2 aromatic carbocycles. The normalized spacial score (nSPS) is 14.9. The maximum Gasteiger partial charge on any atom is 0.313 e. The fraction of sp³-hybridized carbons (Fsp3) is 0.296. The molecule has 8 heteroatoms. The summed E-state index contributed by atoms with van der Waals surface area (Å²) in [6.07, 6.45) is 3.50. The number of pyridine rings is 1. The molecule has 0 unspecified atom stereocenters.